The molecule has 0 aliphatic rings. The minimum atomic E-state index is -0.203. The smallest absolute Gasteiger partial charge is 0.306 e. The molecule has 30 heavy (non-hydrogen) atoms. The minimum absolute atomic E-state index is 0.0483. The summed E-state index contributed by atoms with van der Waals surface area (Å²) in [6.07, 6.45) is 0.950. The second-order valence-electron chi connectivity index (χ2n) is 8.34. The summed E-state index contributed by atoms with van der Waals surface area (Å²) in [5.74, 6) is 2.05. The van der Waals surface area contributed by atoms with Crippen molar-refractivity contribution in [2.75, 3.05) is 27.9 Å². The van der Waals surface area contributed by atoms with Gasteiger partial charge in [0.05, 0.1) is 34.4 Å². The van der Waals surface area contributed by atoms with Crippen molar-refractivity contribution >= 4 is 5.97 Å². The van der Waals surface area contributed by atoms with E-state index in [0.29, 0.717) is 19.4 Å². The quantitative estimate of drug-likeness (QED) is 0.522. The highest BCUT2D eigenvalue weighted by Crippen LogP contribution is 2.36. The van der Waals surface area contributed by atoms with E-state index in [9.17, 15) is 4.79 Å². The summed E-state index contributed by atoms with van der Waals surface area (Å²) in [5, 5.41) is 0. The molecule has 0 amide bonds. The number of hydrogen-bond donors (Lipinski definition) is 0. The first-order valence-corrected chi connectivity index (χ1v) is 10.3. The van der Waals surface area contributed by atoms with Crippen LogP contribution in [-0.2, 0) is 21.4 Å². The molecule has 0 heterocycles. The molecule has 0 spiro atoms. The second-order valence-corrected chi connectivity index (χ2v) is 8.34. The molecule has 1 atom stereocenters. The molecule has 2 aromatic rings. The van der Waals surface area contributed by atoms with Gasteiger partial charge in [0.1, 0.15) is 17.2 Å². The molecule has 1 unspecified atom stereocenters. The number of rotatable bonds is 9. The van der Waals surface area contributed by atoms with Crippen molar-refractivity contribution in [3.63, 3.8) is 0 Å². The minimum Gasteiger partial charge on any atom is -0.497 e. The number of ether oxygens (including phenoxy) is 4. The Hall–Kier alpha value is -2.69. The zero-order valence-corrected chi connectivity index (χ0v) is 19.2. The number of benzene rings is 2. The van der Waals surface area contributed by atoms with Crippen molar-refractivity contribution in [3.8, 4) is 17.2 Å². The largest absolute Gasteiger partial charge is 0.497 e. The standard InChI is InChI=1S/C25H34O5/c1-8-30-24(26)15-19(11-17-12-20(27-5)16-21(13-17)28-6)18-9-10-23(29-7)22(14-18)25(2,3)4/h9-10,12-14,16,19H,8,11,15H2,1-7H3. The molecule has 0 saturated heterocycles. The van der Waals surface area contributed by atoms with Gasteiger partial charge in [-0.3, -0.25) is 4.79 Å². The predicted molar refractivity (Wildman–Crippen MR) is 119 cm³/mol. The molecule has 164 valence electrons. The van der Waals surface area contributed by atoms with E-state index in [0.717, 1.165) is 33.9 Å². The molecule has 2 rings (SSSR count). The molecule has 0 fully saturated rings. The fourth-order valence-electron chi connectivity index (χ4n) is 3.56. The first kappa shape index (κ1) is 23.6. The second kappa shape index (κ2) is 10.4. The van der Waals surface area contributed by atoms with E-state index in [2.05, 4.69) is 26.8 Å². The Labute approximate surface area is 180 Å². The maximum absolute atomic E-state index is 12.4. The Balaban J connectivity index is 2.47. The van der Waals surface area contributed by atoms with Gasteiger partial charge < -0.3 is 18.9 Å². The van der Waals surface area contributed by atoms with Crippen LogP contribution in [0.25, 0.3) is 0 Å². The van der Waals surface area contributed by atoms with Gasteiger partial charge in [-0.25, -0.2) is 0 Å². The van der Waals surface area contributed by atoms with Crippen molar-refractivity contribution < 1.29 is 23.7 Å². The number of carbonyl (C=O) groups excluding carboxylic acids is 1. The van der Waals surface area contributed by atoms with Crippen molar-refractivity contribution in [2.45, 2.75) is 51.9 Å². The van der Waals surface area contributed by atoms with Gasteiger partial charge in [0.2, 0.25) is 0 Å². The Bertz CT molecular complexity index is 829. The van der Waals surface area contributed by atoms with Crippen LogP contribution in [0.15, 0.2) is 36.4 Å². The average molecular weight is 415 g/mol. The highest BCUT2D eigenvalue weighted by Gasteiger charge is 2.24. The lowest BCUT2D eigenvalue weighted by Gasteiger charge is -2.25. The molecule has 0 radical (unpaired) electrons. The van der Waals surface area contributed by atoms with Crippen LogP contribution >= 0.6 is 0 Å². The Morgan fingerprint density at radius 1 is 0.933 bits per heavy atom. The normalized spacial score (nSPS) is 12.2. The molecule has 0 aromatic heterocycles. The summed E-state index contributed by atoms with van der Waals surface area (Å²) in [5.41, 5.74) is 3.14. The number of esters is 1. The van der Waals surface area contributed by atoms with Gasteiger partial charge in [0, 0.05) is 6.07 Å². The van der Waals surface area contributed by atoms with Crippen LogP contribution in [0.4, 0.5) is 0 Å². The molecule has 2 aromatic carbocycles. The summed E-state index contributed by atoms with van der Waals surface area (Å²) in [7, 11) is 4.95. The van der Waals surface area contributed by atoms with E-state index in [1.54, 1.807) is 21.3 Å². The molecule has 0 bridgehead atoms. The average Bonchev–Trinajstić information content (AvgIpc) is 2.72. The molecular weight excluding hydrogens is 380 g/mol. The zero-order chi connectivity index (χ0) is 22.3. The van der Waals surface area contributed by atoms with Crippen LogP contribution in [0, 0.1) is 0 Å². The Kier molecular flexibility index (Phi) is 8.16. The van der Waals surface area contributed by atoms with Gasteiger partial charge in [-0.05, 0) is 59.6 Å². The van der Waals surface area contributed by atoms with E-state index in [1.807, 2.05) is 37.3 Å². The number of carbonyl (C=O) groups is 1. The highest BCUT2D eigenvalue weighted by atomic mass is 16.5. The lowest BCUT2D eigenvalue weighted by Crippen LogP contribution is -2.16. The van der Waals surface area contributed by atoms with Crippen molar-refractivity contribution in [2.24, 2.45) is 0 Å². The molecule has 5 heteroatoms. The first-order chi connectivity index (χ1) is 14.2. The molecule has 0 aliphatic heterocycles. The third-order valence-corrected chi connectivity index (χ3v) is 5.11. The van der Waals surface area contributed by atoms with Crippen LogP contribution in [0.1, 0.15) is 56.7 Å². The van der Waals surface area contributed by atoms with Gasteiger partial charge in [-0.1, -0.05) is 32.9 Å². The van der Waals surface area contributed by atoms with Gasteiger partial charge in [-0.2, -0.15) is 0 Å². The summed E-state index contributed by atoms with van der Waals surface area (Å²) in [6.45, 7) is 8.66. The predicted octanol–water partition coefficient (Wildman–Crippen LogP) is 5.29. The Morgan fingerprint density at radius 2 is 1.57 bits per heavy atom. The van der Waals surface area contributed by atoms with Crippen molar-refractivity contribution in [1.29, 1.82) is 0 Å². The fraction of sp³-hybridized carbons (Fsp3) is 0.480. The van der Waals surface area contributed by atoms with E-state index in [1.165, 1.54) is 0 Å². The summed E-state index contributed by atoms with van der Waals surface area (Å²) >= 11 is 0. The summed E-state index contributed by atoms with van der Waals surface area (Å²) in [6, 6.07) is 12.0. The van der Waals surface area contributed by atoms with Crippen LogP contribution in [-0.4, -0.2) is 33.9 Å². The Morgan fingerprint density at radius 3 is 2.07 bits per heavy atom. The van der Waals surface area contributed by atoms with Crippen LogP contribution in [0.2, 0.25) is 0 Å². The van der Waals surface area contributed by atoms with Crippen LogP contribution in [0.3, 0.4) is 0 Å². The maximum atomic E-state index is 12.4. The summed E-state index contributed by atoms with van der Waals surface area (Å²) < 4.78 is 21.7. The highest BCUT2D eigenvalue weighted by molar-refractivity contribution is 5.70. The molecule has 0 N–H and O–H groups in total. The van der Waals surface area contributed by atoms with Gasteiger partial charge in [0.15, 0.2) is 0 Å². The van der Waals surface area contributed by atoms with Crippen LogP contribution in [0.5, 0.6) is 17.2 Å². The van der Waals surface area contributed by atoms with Crippen molar-refractivity contribution in [1.82, 2.24) is 0 Å². The van der Waals surface area contributed by atoms with E-state index in [4.69, 9.17) is 18.9 Å². The third-order valence-electron chi connectivity index (χ3n) is 5.11. The number of hydrogen-bond acceptors (Lipinski definition) is 5. The monoisotopic (exact) mass is 414 g/mol. The molecular formula is C25H34O5. The lowest BCUT2D eigenvalue weighted by molar-refractivity contribution is -0.143. The SMILES string of the molecule is CCOC(=O)CC(Cc1cc(OC)cc(OC)c1)c1ccc(OC)c(C(C)(C)C)c1. The zero-order valence-electron chi connectivity index (χ0n) is 19.2. The lowest BCUT2D eigenvalue weighted by atomic mass is 9.82. The van der Waals surface area contributed by atoms with Gasteiger partial charge in [-0.15, -0.1) is 0 Å². The van der Waals surface area contributed by atoms with E-state index in [-0.39, 0.29) is 17.3 Å². The van der Waals surface area contributed by atoms with E-state index >= 15 is 0 Å². The first-order valence-electron chi connectivity index (χ1n) is 10.3. The third kappa shape index (κ3) is 6.15. The molecule has 0 saturated carbocycles. The topological polar surface area (TPSA) is 54.0 Å². The van der Waals surface area contributed by atoms with Gasteiger partial charge >= 0.3 is 5.97 Å². The number of methoxy groups -OCH3 is 3. The molecule has 5 nitrogen and oxygen atoms in total. The van der Waals surface area contributed by atoms with Crippen molar-refractivity contribution in [3.05, 3.63) is 53.1 Å². The van der Waals surface area contributed by atoms with E-state index < -0.39 is 0 Å². The van der Waals surface area contributed by atoms with Gasteiger partial charge in [0.25, 0.3) is 0 Å². The van der Waals surface area contributed by atoms with Crippen LogP contribution < -0.4 is 14.2 Å². The summed E-state index contributed by atoms with van der Waals surface area (Å²) in [4.78, 5) is 12.4. The fourth-order valence-corrected chi connectivity index (χ4v) is 3.56. The maximum Gasteiger partial charge on any atom is 0.306 e. The molecule has 0 aliphatic carbocycles.